The van der Waals surface area contributed by atoms with Crippen molar-refractivity contribution in [3.05, 3.63) is 96.1 Å². The van der Waals surface area contributed by atoms with Crippen LogP contribution in [-0.2, 0) is 14.8 Å². The van der Waals surface area contributed by atoms with E-state index in [4.69, 9.17) is 0 Å². The SMILES string of the molecule is O=C(CC(c1ccccc1)c1ccccc1)Nc1ccc(S(=O)(=O)N2CCCCCC2)cc1. The van der Waals surface area contributed by atoms with Gasteiger partial charge in [-0.05, 0) is 48.2 Å². The summed E-state index contributed by atoms with van der Waals surface area (Å²) >= 11 is 0. The average Bonchev–Trinajstić information content (AvgIpc) is 3.14. The maximum atomic E-state index is 13.0. The first kappa shape index (κ1) is 23.2. The van der Waals surface area contributed by atoms with Crippen molar-refractivity contribution in [3.63, 3.8) is 0 Å². The van der Waals surface area contributed by atoms with Crippen LogP contribution in [0.25, 0.3) is 0 Å². The topological polar surface area (TPSA) is 66.5 Å². The van der Waals surface area contributed by atoms with E-state index in [1.807, 2.05) is 60.7 Å². The van der Waals surface area contributed by atoms with Gasteiger partial charge in [-0.3, -0.25) is 4.79 Å². The lowest BCUT2D eigenvalue weighted by Gasteiger charge is -2.20. The van der Waals surface area contributed by atoms with Crippen molar-refractivity contribution in [3.8, 4) is 0 Å². The van der Waals surface area contributed by atoms with Gasteiger partial charge in [0.25, 0.3) is 0 Å². The van der Waals surface area contributed by atoms with Crippen molar-refractivity contribution in [1.29, 1.82) is 0 Å². The number of nitrogens with one attached hydrogen (secondary N) is 1. The lowest BCUT2D eigenvalue weighted by atomic mass is 9.88. The number of rotatable bonds is 7. The standard InChI is InChI=1S/C27H30N2O3S/c30-27(21-26(22-11-5-3-6-12-22)23-13-7-4-8-14-23)28-24-15-17-25(18-16-24)33(31,32)29-19-9-1-2-10-20-29/h3-8,11-18,26H,1-2,9-10,19-21H2,(H,28,30). The Morgan fingerprint density at radius 3 is 1.79 bits per heavy atom. The maximum Gasteiger partial charge on any atom is 0.243 e. The summed E-state index contributed by atoms with van der Waals surface area (Å²) in [6, 6.07) is 26.5. The molecule has 1 saturated heterocycles. The van der Waals surface area contributed by atoms with Gasteiger partial charge in [0.2, 0.25) is 15.9 Å². The molecule has 1 heterocycles. The molecule has 4 rings (SSSR count). The van der Waals surface area contributed by atoms with Crippen LogP contribution in [0.3, 0.4) is 0 Å². The molecule has 172 valence electrons. The van der Waals surface area contributed by atoms with E-state index in [2.05, 4.69) is 5.32 Å². The number of benzene rings is 3. The number of anilines is 1. The third-order valence-electron chi connectivity index (χ3n) is 6.13. The molecule has 0 atom stereocenters. The van der Waals surface area contributed by atoms with Gasteiger partial charge in [0, 0.05) is 31.1 Å². The number of nitrogens with zero attached hydrogens (tertiary/aromatic N) is 1. The summed E-state index contributed by atoms with van der Waals surface area (Å²) < 4.78 is 27.5. The summed E-state index contributed by atoms with van der Waals surface area (Å²) in [5.41, 5.74) is 2.75. The molecule has 3 aromatic carbocycles. The Kier molecular flexibility index (Phi) is 7.57. The first-order chi connectivity index (χ1) is 16.0. The first-order valence-corrected chi connectivity index (χ1v) is 13.0. The lowest BCUT2D eigenvalue weighted by Crippen LogP contribution is -2.31. The molecule has 0 aliphatic carbocycles. The van der Waals surface area contributed by atoms with Crippen molar-refractivity contribution >= 4 is 21.6 Å². The second kappa shape index (κ2) is 10.8. The zero-order valence-corrected chi connectivity index (χ0v) is 19.5. The Morgan fingerprint density at radius 1 is 0.758 bits per heavy atom. The zero-order valence-electron chi connectivity index (χ0n) is 18.7. The molecule has 33 heavy (non-hydrogen) atoms. The number of amides is 1. The third-order valence-corrected chi connectivity index (χ3v) is 8.05. The Labute approximate surface area is 196 Å². The number of sulfonamides is 1. The van der Waals surface area contributed by atoms with Crippen LogP contribution in [0, 0.1) is 0 Å². The Bertz CT molecular complexity index is 1100. The van der Waals surface area contributed by atoms with E-state index in [-0.39, 0.29) is 16.7 Å². The summed E-state index contributed by atoms with van der Waals surface area (Å²) in [7, 11) is -3.50. The molecule has 0 bridgehead atoms. The summed E-state index contributed by atoms with van der Waals surface area (Å²) in [6.45, 7) is 1.14. The molecule has 1 amide bonds. The second-order valence-corrected chi connectivity index (χ2v) is 10.4. The fourth-order valence-electron chi connectivity index (χ4n) is 4.34. The summed E-state index contributed by atoms with van der Waals surface area (Å²) in [5, 5.41) is 2.93. The van der Waals surface area contributed by atoms with Crippen molar-refractivity contribution in [2.24, 2.45) is 0 Å². The van der Waals surface area contributed by atoms with E-state index < -0.39 is 10.0 Å². The Balaban J connectivity index is 1.45. The van der Waals surface area contributed by atoms with Gasteiger partial charge in [0.05, 0.1) is 4.90 Å². The predicted octanol–water partition coefficient (Wildman–Crippen LogP) is 5.41. The van der Waals surface area contributed by atoms with Gasteiger partial charge >= 0.3 is 0 Å². The molecule has 1 aliphatic heterocycles. The van der Waals surface area contributed by atoms with E-state index in [0.29, 0.717) is 25.2 Å². The van der Waals surface area contributed by atoms with Crippen LogP contribution < -0.4 is 5.32 Å². The molecular weight excluding hydrogens is 432 g/mol. The molecule has 1 aliphatic rings. The monoisotopic (exact) mass is 462 g/mol. The number of carbonyl (C=O) groups excluding carboxylic acids is 1. The highest BCUT2D eigenvalue weighted by molar-refractivity contribution is 7.89. The Morgan fingerprint density at radius 2 is 1.27 bits per heavy atom. The van der Waals surface area contributed by atoms with Gasteiger partial charge in [-0.15, -0.1) is 0 Å². The molecule has 6 heteroatoms. The van der Waals surface area contributed by atoms with Crippen LogP contribution in [0.2, 0.25) is 0 Å². The van der Waals surface area contributed by atoms with E-state index in [1.54, 1.807) is 28.6 Å². The molecule has 0 saturated carbocycles. The highest BCUT2D eigenvalue weighted by Crippen LogP contribution is 2.28. The molecule has 3 aromatic rings. The Hall–Kier alpha value is -2.96. The van der Waals surface area contributed by atoms with E-state index in [9.17, 15) is 13.2 Å². The minimum absolute atomic E-state index is 0.0601. The van der Waals surface area contributed by atoms with Crippen LogP contribution in [0.4, 0.5) is 5.69 Å². The fourth-order valence-corrected chi connectivity index (χ4v) is 5.85. The minimum Gasteiger partial charge on any atom is -0.326 e. The van der Waals surface area contributed by atoms with Gasteiger partial charge in [-0.25, -0.2) is 8.42 Å². The molecule has 5 nitrogen and oxygen atoms in total. The number of carbonyl (C=O) groups is 1. The number of hydrogen-bond acceptors (Lipinski definition) is 3. The highest BCUT2D eigenvalue weighted by atomic mass is 32.2. The molecule has 0 unspecified atom stereocenters. The summed E-state index contributed by atoms with van der Waals surface area (Å²) in [5.74, 6) is -0.175. The predicted molar refractivity (Wildman–Crippen MR) is 132 cm³/mol. The highest BCUT2D eigenvalue weighted by Gasteiger charge is 2.25. The third kappa shape index (κ3) is 5.89. The summed E-state index contributed by atoms with van der Waals surface area (Å²) in [6.07, 6.45) is 4.24. The van der Waals surface area contributed by atoms with Gasteiger partial charge in [0.1, 0.15) is 0 Å². The number of hydrogen-bond donors (Lipinski definition) is 1. The second-order valence-electron chi connectivity index (χ2n) is 8.47. The quantitative estimate of drug-likeness (QED) is 0.510. The van der Waals surface area contributed by atoms with Crippen molar-refractivity contribution in [2.75, 3.05) is 18.4 Å². The first-order valence-electron chi connectivity index (χ1n) is 11.5. The van der Waals surface area contributed by atoms with Gasteiger partial charge in [0.15, 0.2) is 0 Å². The smallest absolute Gasteiger partial charge is 0.243 e. The van der Waals surface area contributed by atoms with Crippen molar-refractivity contribution < 1.29 is 13.2 Å². The van der Waals surface area contributed by atoms with Crippen LogP contribution in [0.15, 0.2) is 89.8 Å². The zero-order chi connectivity index (χ0) is 23.1. The van der Waals surface area contributed by atoms with Crippen LogP contribution in [-0.4, -0.2) is 31.7 Å². The van der Waals surface area contributed by atoms with Crippen molar-refractivity contribution in [2.45, 2.75) is 42.9 Å². The maximum absolute atomic E-state index is 13.0. The van der Waals surface area contributed by atoms with Gasteiger partial charge in [-0.1, -0.05) is 73.5 Å². The van der Waals surface area contributed by atoms with Crippen molar-refractivity contribution in [1.82, 2.24) is 4.31 Å². The average molecular weight is 463 g/mol. The fraction of sp³-hybridized carbons (Fsp3) is 0.296. The molecule has 1 N–H and O–H groups in total. The minimum atomic E-state index is -3.50. The van der Waals surface area contributed by atoms with Crippen LogP contribution in [0.1, 0.15) is 49.1 Å². The van der Waals surface area contributed by atoms with E-state index >= 15 is 0 Å². The molecule has 0 radical (unpaired) electrons. The largest absolute Gasteiger partial charge is 0.326 e. The van der Waals surface area contributed by atoms with Gasteiger partial charge in [-0.2, -0.15) is 4.31 Å². The van der Waals surface area contributed by atoms with Gasteiger partial charge < -0.3 is 5.32 Å². The van der Waals surface area contributed by atoms with E-state index in [0.717, 1.165) is 36.8 Å². The molecular formula is C27H30N2O3S. The van der Waals surface area contributed by atoms with Crippen LogP contribution in [0.5, 0.6) is 0 Å². The molecule has 0 spiro atoms. The lowest BCUT2D eigenvalue weighted by molar-refractivity contribution is -0.116. The van der Waals surface area contributed by atoms with E-state index in [1.165, 1.54) is 0 Å². The molecule has 1 fully saturated rings. The molecule has 0 aromatic heterocycles. The summed E-state index contributed by atoms with van der Waals surface area (Å²) in [4.78, 5) is 13.2. The normalized spacial score (nSPS) is 15.2. The van der Waals surface area contributed by atoms with Crippen LogP contribution >= 0.6 is 0 Å².